The second-order valence-electron chi connectivity index (χ2n) is 4.39. The molecule has 87 valence electrons. The molecule has 0 spiro atoms. The predicted octanol–water partition coefficient (Wildman–Crippen LogP) is 1.88. The van der Waals surface area contributed by atoms with E-state index in [2.05, 4.69) is 0 Å². The fraction of sp³-hybridized carbons (Fsp3) is 0.462. The van der Waals surface area contributed by atoms with Gasteiger partial charge < -0.3 is 9.84 Å². The number of rotatable bonds is 6. The van der Waals surface area contributed by atoms with E-state index in [0.29, 0.717) is 5.75 Å². The van der Waals surface area contributed by atoms with Crippen molar-refractivity contribution >= 4 is 6.29 Å². The van der Waals surface area contributed by atoms with Crippen molar-refractivity contribution in [2.24, 2.45) is 0 Å². The second-order valence-corrected chi connectivity index (χ2v) is 4.39. The van der Waals surface area contributed by atoms with Crippen molar-refractivity contribution in [3.05, 3.63) is 29.8 Å². The summed E-state index contributed by atoms with van der Waals surface area (Å²) in [5.74, 6) is 0.662. The Kier molecular flexibility index (Phi) is 4.50. The van der Waals surface area contributed by atoms with E-state index in [1.165, 1.54) is 0 Å². The maximum Gasteiger partial charge on any atom is 0.239 e. The molecule has 0 fully saturated rings. The summed E-state index contributed by atoms with van der Waals surface area (Å²) in [4.78, 5) is 9.98. The summed E-state index contributed by atoms with van der Waals surface area (Å²) >= 11 is 0. The highest BCUT2D eigenvalue weighted by Crippen LogP contribution is 2.16. The number of hydrogen-bond donors (Lipinski definition) is 1. The molecule has 0 aliphatic heterocycles. The van der Waals surface area contributed by atoms with E-state index in [9.17, 15) is 9.90 Å². The monoisotopic (exact) mass is 221 g/mol. The Bertz CT molecular complexity index is 322. The topological polar surface area (TPSA) is 46.5 Å². The van der Waals surface area contributed by atoms with Gasteiger partial charge in [-0.3, -0.25) is 4.79 Å². The largest absolute Gasteiger partial charge is 0.485 e. The maximum absolute atomic E-state index is 9.98. The van der Waals surface area contributed by atoms with Crippen LogP contribution in [0.5, 0.6) is 5.75 Å². The molecule has 0 aromatic heterocycles. The molecule has 0 heterocycles. The van der Waals surface area contributed by atoms with Crippen LogP contribution in [0.4, 0.5) is 0 Å². The van der Waals surface area contributed by atoms with E-state index < -0.39 is 5.60 Å². The lowest BCUT2D eigenvalue weighted by Crippen LogP contribution is -2.19. The fourth-order valence-corrected chi connectivity index (χ4v) is 1.32. The molecule has 0 atom stereocenters. The summed E-state index contributed by atoms with van der Waals surface area (Å²) in [6, 6.07) is 7.51. The Morgan fingerprint density at radius 3 is 2.44 bits per heavy atom. The first-order valence-corrected chi connectivity index (χ1v) is 5.30. The highest BCUT2D eigenvalue weighted by molar-refractivity contribution is 5.52. The summed E-state index contributed by atoms with van der Waals surface area (Å²) in [6.45, 7) is 3.55. The van der Waals surface area contributed by atoms with Crippen molar-refractivity contribution in [1.82, 2.24) is 0 Å². The Labute approximate surface area is 96.1 Å². The Morgan fingerprint density at radius 1 is 1.31 bits per heavy atom. The van der Waals surface area contributed by atoms with Crippen molar-refractivity contribution < 1.29 is 14.6 Å². The standard InChI is InChI=1S/C13H17O3/c1-13(2,15)8-7-11-3-5-12(6-4-11)16-10-9-14/h3-6,15H,7-8,10H2,1-2H3. The van der Waals surface area contributed by atoms with E-state index in [1.807, 2.05) is 24.3 Å². The minimum atomic E-state index is -0.637. The zero-order valence-corrected chi connectivity index (χ0v) is 9.69. The number of benzene rings is 1. The average molecular weight is 221 g/mol. The molecule has 3 nitrogen and oxygen atoms in total. The van der Waals surface area contributed by atoms with E-state index >= 15 is 0 Å². The van der Waals surface area contributed by atoms with Crippen LogP contribution >= 0.6 is 0 Å². The molecule has 1 aromatic rings. The molecular formula is C13H17O3. The highest BCUT2D eigenvalue weighted by Gasteiger charge is 2.11. The van der Waals surface area contributed by atoms with Gasteiger partial charge in [-0.15, -0.1) is 0 Å². The lowest BCUT2D eigenvalue weighted by Gasteiger charge is -2.16. The van der Waals surface area contributed by atoms with E-state index in [4.69, 9.17) is 4.74 Å². The molecule has 0 aliphatic carbocycles. The molecule has 0 saturated carbocycles. The third-order valence-electron chi connectivity index (χ3n) is 2.25. The quantitative estimate of drug-likeness (QED) is 0.797. The molecule has 1 radical (unpaired) electrons. The van der Waals surface area contributed by atoms with Crippen LogP contribution in [0.3, 0.4) is 0 Å². The van der Waals surface area contributed by atoms with Gasteiger partial charge >= 0.3 is 0 Å². The van der Waals surface area contributed by atoms with Gasteiger partial charge in [0.2, 0.25) is 6.29 Å². The van der Waals surface area contributed by atoms with Gasteiger partial charge in [-0.1, -0.05) is 12.1 Å². The first-order valence-electron chi connectivity index (χ1n) is 5.30. The summed E-state index contributed by atoms with van der Waals surface area (Å²) in [7, 11) is 0. The van der Waals surface area contributed by atoms with Gasteiger partial charge in [0, 0.05) is 0 Å². The molecule has 0 saturated heterocycles. The Hall–Kier alpha value is -1.35. The molecule has 16 heavy (non-hydrogen) atoms. The number of aliphatic hydroxyl groups is 1. The van der Waals surface area contributed by atoms with E-state index in [-0.39, 0.29) is 6.61 Å². The lowest BCUT2D eigenvalue weighted by molar-refractivity contribution is 0.0714. The van der Waals surface area contributed by atoms with Gasteiger partial charge in [-0.05, 0) is 44.4 Å². The summed E-state index contributed by atoms with van der Waals surface area (Å²) in [5, 5.41) is 9.58. The zero-order chi connectivity index (χ0) is 12.0. The molecule has 0 amide bonds. The van der Waals surface area contributed by atoms with Crippen molar-refractivity contribution in [2.45, 2.75) is 32.3 Å². The van der Waals surface area contributed by atoms with Gasteiger partial charge in [0.25, 0.3) is 0 Å². The SMILES string of the molecule is CC(C)(O)CCc1ccc(OC[C]=O)cc1. The lowest BCUT2D eigenvalue weighted by atomic mass is 9.99. The van der Waals surface area contributed by atoms with Gasteiger partial charge in [-0.2, -0.15) is 0 Å². The molecule has 0 unspecified atom stereocenters. The van der Waals surface area contributed by atoms with Crippen LogP contribution in [-0.2, 0) is 11.2 Å². The van der Waals surface area contributed by atoms with Crippen LogP contribution in [0.15, 0.2) is 24.3 Å². The van der Waals surface area contributed by atoms with Crippen LogP contribution in [0.25, 0.3) is 0 Å². The summed E-state index contributed by atoms with van der Waals surface area (Å²) in [5.41, 5.74) is 0.506. The fourth-order valence-electron chi connectivity index (χ4n) is 1.32. The van der Waals surface area contributed by atoms with Crippen molar-refractivity contribution in [2.75, 3.05) is 6.61 Å². The smallest absolute Gasteiger partial charge is 0.239 e. The number of carbonyl (C=O) groups excluding carboxylic acids is 1. The molecule has 3 heteroatoms. The number of aryl methyl sites for hydroxylation is 1. The predicted molar refractivity (Wildman–Crippen MR) is 62.2 cm³/mol. The van der Waals surface area contributed by atoms with Gasteiger partial charge in [0.15, 0.2) is 6.61 Å². The summed E-state index contributed by atoms with van der Waals surface area (Å²) in [6.07, 6.45) is 3.21. The first-order chi connectivity index (χ1) is 7.51. The average Bonchev–Trinajstić information content (AvgIpc) is 2.24. The summed E-state index contributed by atoms with van der Waals surface area (Å²) < 4.78 is 5.08. The third-order valence-corrected chi connectivity index (χ3v) is 2.25. The number of hydrogen-bond acceptors (Lipinski definition) is 3. The number of ether oxygens (including phenoxy) is 1. The third kappa shape index (κ3) is 4.94. The molecule has 1 N–H and O–H groups in total. The normalized spacial score (nSPS) is 11.2. The highest BCUT2D eigenvalue weighted by atomic mass is 16.5. The van der Waals surface area contributed by atoms with Crippen LogP contribution in [-0.4, -0.2) is 23.6 Å². The molecule has 0 aliphatic rings. The van der Waals surface area contributed by atoms with Gasteiger partial charge in [0.05, 0.1) is 5.60 Å². The van der Waals surface area contributed by atoms with E-state index in [1.54, 1.807) is 20.1 Å². The van der Waals surface area contributed by atoms with Crippen LogP contribution < -0.4 is 4.74 Å². The van der Waals surface area contributed by atoms with Crippen molar-refractivity contribution in [1.29, 1.82) is 0 Å². The van der Waals surface area contributed by atoms with E-state index in [0.717, 1.165) is 18.4 Å². The molecule has 1 rings (SSSR count). The van der Waals surface area contributed by atoms with Crippen LogP contribution in [0.2, 0.25) is 0 Å². The van der Waals surface area contributed by atoms with Gasteiger partial charge in [0.1, 0.15) is 5.75 Å². The Morgan fingerprint density at radius 2 is 1.94 bits per heavy atom. The first kappa shape index (κ1) is 12.7. The van der Waals surface area contributed by atoms with Crippen molar-refractivity contribution in [3.63, 3.8) is 0 Å². The van der Waals surface area contributed by atoms with Crippen molar-refractivity contribution in [3.8, 4) is 5.75 Å². The van der Waals surface area contributed by atoms with Crippen LogP contribution in [0, 0.1) is 0 Å². The zero-order valence-electron chi connectivity index (χ0n) is 9.69. The van der Waals surface area contributed by atoms with Crippen LogP contribution in [0.1, 0.15) is 25.8 Å². The molecular weight excluding hydrogens is 204 g/mol. The minimum absolute atomic E-state index is 0.0387. The van der Waals surface area contributed by atoms with Gasteiger partial charge in [-0.25, -0.2) is 0 Å². The second kappa shape index (κ2) is 5.66. The maximum atomic E-state index is 9.98. The Balaban J connectivity index is 2.48. The molecule has 1 aromatic carbocycles. The minimum Gasteiger partial charge on any atom is -0.485 e. The molecule has 0 bridgehead atoms.